The molecule has 86 valence electrons. The Kier molecular flexibility index (Phi) is 5.40. The van der Waals surface area contributed by atoms with Crippen LogP contribution < -0.4 is 0 Å². The standard InChI is InChI=1S/C12H21NO2/c1-2-11-5-3-8-13(10-7-11)9-4-6-12(14)15/h4,6,11H,2-3,5,7-10H2,1H3,(H,14,15)/b6-4+. The molecule has 0 bridgehead atoms. The van der Waals surface area contributed by atoms with E-state index in [0.717, 1.165) is 25.6 Å². The van der Waals surface area contributed by atoms with Crippen LogP contribution in [-0.4, -0.2) is 35.6 Å². The van der Waals surface area contributed by atoms with Crippen molar-refractivity contribution in [3.05, 3.63) is 12.2 Å². The number of rotatable bonds is 4. The summed E-state index contributed by atoms with van der Waals surface area (Å²) in [5.74, 6) is 0.0229. The zero-order valence-corrected chi connectivity index (χ0v) is 9.48. The lowest BCUT2D eigenvalue weighted by atomic mass is 9.98. The number of carbonyl (C=O) groups is 1. The van der Waals surface area contributed by atoms with Crippen LogP contribution >= 0.6 is 0 Å². The smallest absolute Gasteiger partial charge is 0.328 e. The molecule has 1 N–H and O–H groups in total. The largest absolute Gasteiger partial charge is 0.478 e. The maximum absolute atomic E-state index is 10.3. The van der Waals surface area contributed by atoms with Crippen molar-refractivity contribution in [3.63, 3.8) is 0 Å². The van der Waals surface area contributed by atoms with Crippen molar-refractivity contribution in [2.75, 3.05) is 19.6 Å². The summed E-state index contributed by atoms with van der Waals surface area (Å²) in [6.07, 6.45) is 8.10. The van der Waals surface area contributed by atoms with E-state index in [1.54, 1.807) is 6.08 Å². The Balaban J connectivity index is 2.28. The predicted octanol–water partition coefficient (Wildman–Crippen LogP) is 2.14. The zero-order valence-electron chi connectivity index (χ0n) is 9.48. The van der Waals surface area contributed by atoms with Crippen molar-refractivity contribution in [3.8, 4) is 0 Å². The Morgan fingerprint density at radius 3 is 2.93 bits per heavy atom. The quantitative estimate of drug-likeness (QED) is 0.724. The van der Waals surface area contributed by atoms with E-state index >= 15 is 0 Å². The summed E-state index contributed by atoms with van der Waals surface area (Å²) >= 11 is 0. The van der Waals surface area contributed by atoms with E-state index in [1.807, 2.05) is 0 Å². The number of carboxylic acid groups (broad SMARTS) is 1. The molecule has 1 heterocycles. The molecule has 0 saturated carbocycles. The summed E-state index contributed by atoms with van der Waals surface area (Å²) in [4.78, 5) is 12.6. The van der Waals surface area contributed by atoms with Crippen LogP contribution in [0.15, 0.2) is 12.2 Å². The summed E-state index contributed by atoms with van der Waals surface area (Å²) in [6.45, 7) is 5.26. The zero-order chi connectivity index (χ0) is 11.1. The normalized spacial score (nSPS) is 24.2. The van der Waals surface area contributed by atoms with Gasteiger partial charge in [0.2, 0.25) is 0 Å². The Hall–Kier alpha value is -0.830. The molecule has 0 aromatic heterocycles. The van der Waals surface area contributed by atoms with Gasteiger partial charge in [-0.1, -0.05) is 19.4 Å². The molecule has 1 rings (SSSR count). The topological polar surface area (TPSA) is 40.5 Å². The highest BCUT2D eigenvalue weighted by molar-refractivity contribution is 5.79. The SMILES string of the molecule is CCC1CCCN(C/C=C/C(=O)O)CC1. The lowest BCUT2D eigenvalue weighted by molar-refractivity contribution is -0.131. The van der Waals surface area contributed by atoms with Crippen molar-refractivity contribution in [1.29, 1.82) is 0 Å². The van der Waals surface area contributed by atoms with Gasteiger partial charge in [0.15, 0.2) is 0 Å². The van der Waals surface area contributed by atoms with E-state index in [2.05, 4.69) is 11.8 Å². The molecule has 1 fully saturated rings. The second-order valence-electron chi connectivity index (χ2n) is 4.25. The predicted molar refractivity (Wildman–Crippen MR) is 60.8 cm³/mol. The monoisotopic (exact) mass is 211 g/mol. The average molecular weight is 211 g/mol. The lowest BCUT2D eigenvalue weighted by Crippen LogP contribution is -2.25. The van der Waals surface area contributed by atoms with Crippen LogP contribution in [0, 0.1) is 5.92 Å². The first-order valence-corrected chi connectivity index (χ1v) is 5.84. The molecular formula is C12H21NO2. The molecule has 3 nitrogen and oxygen atoms in total. The Morgan fingerprint density at radius 1 is 1.47 bits per heavy atom. The van der Waals surface area contributed by atoms with E-state index in [4.69, 9.17) is 5.11 Å². The first kappa shape index (κ1) is 12.2. The van der Waals surface area contributed by atoms with Crippen LogP contribution in [0.5, 0.6) is 0 Å². The van der Waals surface area contributed by atoms with Gasteiger partial charge in [0.25, 0.3) is 0 Å². The van der Waals surface area contributed by atoms with Crippen LogP contribution in [0.25, 0.3) is 0 Å². The number of aliphatic carboxylic acids is 1. The van der Waals surface area contributed by atoms with Gasteiger partial charge in [0.1, 0.15) is 0 Å². The molecule has 0 radical (unpaired) electrons. The highest BCUT2D eigenvalue weighted by atomic mass is 16.4. The number of carboxylic acids is 1. The molecule has 1 aliphatic heterocycles. The lowest BCUT2D eigenvalue weighted by Gasteiger charge is -2.17. The molecule has 0 amide bonds. The van der Waals surface area contributed by atoms with Crippen LogP contribution in [0.1, 0.15) is 32.6 Å². The first-order chi connectivity index (χ1) is 7.22. The Morgan fingerprint density at radius 2 is 2.27 bits per heavy atom. The van der Waals surface area contributed by atoms with Gasteiger partial charge in [-0.15, -0.1) is 0 Å². The highest BCUT2D eigenvalue weighted by Gasteiger charge is 2.14. The van der Waals surface area contributed by atoms with Crippen molar-refractivity contribution in [2.24, 2.45) is 5.92 Å². The fourth-order valence-corrected chi connectivity index (χ4v) is 2.12. The van der Waals surface area contributed by atoms with Crippen LogP contribution in [0.3, 0.4) is 0 Å². The van der Waals surface area contributed by atoms with Crippen molar-refractivity contribution < 1.29 is 9.90 Å². The summed E-state index contributed by atoms with van der Waals surface area (Å²) in [5.41, 5.74) is 0. The molecule has 1 atom stereocenters. The Bertz CT molecular complexity index is 226. The average Bonchev–Trinajstić information content (AvgIpc) is 2.42. The van der Waals surface area contributed by atoms with E-state index in [1.165, 1.54) is 31.8 Å². The minimum atomic E-state index is -0.851. The van der Waals surface area contributed by atoms with Crippen molar-refractivity contribution in [1.82, 2.24) is 4.90 Å². The summed E-state index contributed by atoms with van der Waals surface area (Å²) in [7, 11) is 0. The minimum absolute atomic E-state index is 0.780. The van der Waals surface area contributed by atoms with Crippen molar-refractivity contribution in [2.45, 2.75) is 32.6 Å². The molecule has 1 saturated heterocycles. The molecule has 0 spiro atoms. The van der Waals surface area contributed by atoms with Crippen molar-refractivity contribution >= 4 is 5.97 Å². The van der Waals surface area contributed by atoms with Gasteiger partial charge in [0, 0.05) is 12.6 Å². The summed E-state index contributed by atoms with van der Waals surface area (Å²) < 4.78 is 0. The molecule has 0 aromatic carbocycles. The first-order valence-electron chi connectivity index (χ1n) is 5.84. The fraction of sp³-hybridized carbons (Fsp3) is 0.750. The highest BCUT2D eigenvalue weighted by Crippen LogP contribution is 2.19. The third kappa shape index (κ3) is 4.98. The number of hydrogen-bond donors (Lipinski definition) is 1. The van der Waals surface area contributed by atoms with E-state index in [-0.39, 0.29) is 0 Å². The van der Waals surface area contributed by atoms with Crippen LogP contribution in [-0.2, 0) is 4.79 Å². The van der Waals surface area contributed by atoms with E-state index < -0.39 is 5.97 Å². The maximum atomic E-state index is 10.3. The molecule has 0 aromatic rings. The second kappa shape index (κ2) is 6.62. The Labute approximate surface area is 91.8 Å². The number of hydrogen-bond acceptors (Lipinski definition) is 2. The van der Waals surface area contributed by atoms with E-state index in [0.29, 0.717) is 0 Å². The molecule has 3 heteroatoms. The molecule has 1 unspecified atom stereocenters. The fourth-order valence-electron chi connectivity index (χ4n) is 2.12. The second-order valence-corrected chi connectivity index (χ2v) is 4.25. The maximum Gasteiger partial charge on any atom is 0.328 e. The van der Waals surface area contributed by atoms with Gasteiger partial charge < -0.3 is 5.11 Å². The van der Waals surface area contributed by atoms with Gasteiger partial charge in [-0.2, -0.15) is 0 Å². The number of likely N-dealkylation sites (tertiary alicyclic amines) is 1. The van der Waals surface area contributed by atoms with Gasteiger partial charge >= 0.3 is 5.97 Å². The van der Waals surface area contributed by atoms with E-state index in [9.17, 15) is 4.79 Å². The molecule has 1 aliphatic rings. The van der Waals surface area contributed by atoms with Gasteiger partial charge in [-0.05, 0) is 38.3 Å². The molecular weight excluding hydrogens is 190 g/mol. The molecule has 0 aliphatic carbocycles. The number of nitrogens with zero attached hydrogens (tertiary/aromatic N) is 1. The van der Waals surface area contributed by atoms with Gasteiger partial charge in [0.05, 0.1) is 0 Å². The summed E-state index contributed by atoms with van der Waals surface area (Å²) in [6, 6.07) is 0. The molecule has 15 heavy (non-hydrogen) atoms. The van der Waals surface area contributed by atoms with Crippen LogP contribution in [0.4, 0.5) is 0 Å². The summed E-state index contributed by atoms with van der Waals surface area (Å²) in [5, 5.41) is 8.47. The third-order valence-corrected chi connectivity index (χ3v) is 3.14. The third-order valence-electron chi connectivity index (χ3n) is 3.14. The minimum Gasteiger partial charge on any atom is -0.478 e. The van der Waals surface area contributed by atoms with Gasteiger partial charge in [-0.25, -0.2) is 4.79 Å². The van der Waals surface area contributed by atoms with Gasteiger partial charge in [-0.3, -0.25) is 4.90 Å². The van der Waals surface area contributed by atoms with Crippen LogP contribution in [0.2, 0.25) is 0 Å².